The van der Waals surface area contributed by atoms with Crippen molar-refractivity contribution in [2.75, 3.05) is 0 Å². The van der Waals surface area contributed by atoms with Crippen molar-refractivity contribution < 1.29 is 9.90 Å². The van der Waals surface area contributed by atoms with Gasteiger partial charge in [0.1, 0.15) is 0 Å². The SMILES string of the molecule is CC(=O)N[C@@H](C)[C@@H](C)O. The second kappa shape index (κ2) is 3.45. The number of hydrogen-bond donors (Lipinski definition) is 2. The van der Waals surface area contributed by atoms with Crippen LogP contribution in [0.1, 0.15) is 20.8 Å². The van der Waals surface area contributed by atoms with Gasteiger partial charge in [-0.15, -0.1) is 0 Å². The fraction of sp³-hybridized carbons (Fsp3) is 0.833. The van der Waals surface area contributed by atoms with E-state index >= 15 is 0 Å². The maximum Gasteiger partial charge on any atom is 0.217 e. The molecule has 0 fully saturated rings. The van der Waals surface area contributed by atoms with E-state index in [-0.39, 0.29) is 11.9 Å². The molecule has 0 aromatic carbocycles. The molecule has 0 spiro atoms. The van der Waals surface area contributed by atoms with Crippen molar-refractivity contribution in [2.45, 2.75) is 32.9 Å². The third kappa shape index (κ3) is 3.97. The first-order valence-electron chi connectivity index (χ1n) is 2.99. The molecular weight excluding hydrogens is 118 g/mol. The Morgan fingerprint density at radius 3 is 2.11 bits per heavy atom. The van der Waals surface area contributed by atoms with Gasteiger partial charge in [0, 0.05) is 6.92 Å². The van der Waals surface area contributed by atoms with Crippen LogP contribution >= 0.6 is 0 Å². The maximum atomic E-state index is 10.3. The number of aliphatic hydroxyl groups is 1. The summed E-state index contributed by atoms with van der Waals surface area (Å²) in [5, 5.41) is 11.4. The first-order valence-corrected chi connectivity index (χ1v) is 2.99. The average molecular weight is 131 g/mol. The lowest BCUT2D eigenvalue weighted by Gasteiger charge is -2.14. The van der Waals surface area contributed by atoms with Crippen LogP contribution in [0.2, 0.25) is 0 Å². The number of carbonyl (C=O) groups excluding carboxylic acids is 1. The summed E-state index contributed by atoms with van der Waals surface area (Å²) in [4.78, 5) is 10.3. The monoisotopic (exact) mass is 131 g/mol. The van der Waals surface area contributed by atoms with Crippen molar-refractivity contribution in [2.24, 2.45) is 0 Å². The molecule has 0 heterocycles. The fourth-order valence-corrected chi connectivity index (χ4v) is 0.441. The van der Waals surface area contributed by atoms with E-state index in [4.69, 9.17) is 5.11 Å². The van der Waals surface area contributed by atoms with Gasteiger partial charge in [-0.25, -0.2) is 0 Å². The highest BCUT2D eigenvalue weighted by Gasteiger charge is 2.07. The summed E-state index contributed by atoms with van der Waals surface area (Å²) in [7, 11) is 0. The Labute approximate surface area is 55.1 Å². The fourth-order valence-electron chi connectivity index (χ4n) is 0.441. The summed E-state index contributed by atoms with van der Waals surface area (Å²) in [5.41, 5.74) is 0. The summed E-state index contributed by atoms with van der Waals surface area (Å²) in [6.07, 6.45) is -0.478. The van der Waals surface area contributed by atoms with Crippen molar-refractivity contribution in [3.05, 3.63) is 0 Å². The molecule has 0 radical (unpaired) electrons. The number of amides is 1. The van der Waals surface area contributed by atoms with Gasteiger partial charge in [0.2, 0.25) is 5.91 Å². The zero-order valence-electron chi connectivity index (χ0n) is 6.01. The number of rotatable bonds is 2. The lowest BCUT2D eigenvalue weighted by atomic mass is 10.2. The highest BCUT2D eigenvalue weighted by atomic mass is 16.3. The lowest BCUT2D eigenvalue weighted by Crippen LogP contribution is -2.38. The van der Waals surface area contributed by atoms with E-state index in [9.17, 15) is 4.79 Å². The lowest BCUT2D eigenvalue weighted by molar-refractivity contribution is -0.120. The molecule has 0 aliphatic heterocycles. The van der Waals surface area contributed by atoms with Crippen LogP contribution in [0.15, 0.2) is 0 Å². The first kappa shape index (κ1) is 8.43. The third-order valence-electron chi connectivity index (χ3n) is 1.15. The number of nitrogens with one attached hydrogen (secondary N) is 1. The predicted octanol–water partition coefficient (Wildman–Crippen LogP) is -0.108. The van der Waals surface area contributed by atoms with Crippen LogP contribution in [0.4, 0.5) is 0 Å². The van der Waals surface area contributed by atoms with E-state index in [1.807, 2.05) is 0 Å². The Morgan fingerprint density at radius 1 is 1.56 bits per heavy atom. The predicted molar refractivity (Wildman–Crippen MR) is 35.0 cm³/mol. The molecule has 0 unspecified atom stereocenters. The second-order valence-corrected chi connectivity index (χ2v) is 2.23. The Bertz CT molecular complexity index is 101. The first-order chi connectivity index (χ1) is 4.04. The van der Waals surface area contributed by atoms with Gasteiger partial charge in [-0.1, -0.05) is 0 Å². The Balaban J connectivity index is 3.50. The number of carbonyl (C=O) groups is 1. The van der Waals surface area contributed by atoms with Gasteiger partial charge in [0.05, 0.1) is 12.1 Å². The zero-order chi connectivity index (χ0) is 7.44. The number of aliphatic hydroxyl groups excluding tert-OH is 1. The van der Waals surface area contributed by atoms with E-state index in [1.54, 1.807) is 13.8 Å². The minimum Gasteiger partial charge on any atom is -0.391 e. The van der Waals surface area contributed by atoms with Crippen molar-refractivity contribution in [3.8, 4) is 0 Å². The van der Waals surface area contributed by atoms with E-state index in [0.29, 0.717) is 0 Å². The highest BCUT2D eigenvalue weighted by molar-refractivity contribution is 5.73. The molecule has 0 bridgehead atoms. The van der Waals surface area contributed by atoms with Gasteiger partial charge in [-0.05, 0) is 13.8 Å². The summed E-state index contributed by atoms with van der Waals surface area (Å²) >= 11 is 0. The molecule has 3 heteroatoms. The molecule has 0 aliphatic carbocycles. The molecular formula is C6H13NO2. The van der Waals surface area contributed by atoms with Crippen molar-refractivity contribution in [1.82, 2.24) is 5.32 Å². The normalized spacial score (nSPS) is 16.4. The molecule has 2 N–H and O–H groups in total. The molecule has 9 heavy (non-hydrogen) atoms. The smallest absolute Gasteiger partial charge is 0.217 e. The van der Waals surface area contributed by atoms with Crippen LogP contribution in [-0.2, 0) is 4.79 Å². The average Bonchev–Trinajstić information content (AvgIpc) is 1.63. The summed E-state index contributed by atoms with van der Waals surface area (Å²) in [6, 6.07) is -0.150. The number of hydrogen-bond acceptors (Lipinski definition) is 2. The second-order valence-electron chi connectivity index (χ2n) is 2.23. The quantitative estimate of drug-likeness (QED) is 0.549. The van der Waals surface area contributed by atoms with Gasteiger partial charge in [-0.2, -0.15) is 0 Å². The van der Waals surface area contributed by atoms with Crippen molar-refractivity contribution in [1.29, 1.82) is 0 Å². The largest absolute Gasteiger partial charge is 0.391 e. The molecule has 54 valence electrons. The minimum absolute atomic E-state index is 0.108. The molecule has 0 aliphatic rings. The molecule has 0 rings (SSSR count). The standard InChI is InChI=1S/C6H13NO2/c1-4(5(2)8)7-6(3)9/h4-5,8H,1-3H3,(H,7,9)/t4-,5+/m0/s1. The van der Waals surface area contributed by atoms with Crippen LogP contribution in [0.5, 0.6) is 0 Å². The molecule has 1 amide bonds. The van der Waals surface area contributed by atoms with Crippen LogP contribution in [-0.4, -0.2) is 23.2 Å². The third-order valence-corrected chi connectivity index (χ3v) is 1.15. The molecule has 0 saturated carbocycles. The van der Waals surface area contributed by atoms with Crippen molar-refractivity contribution in [3.63, 3.8) is 0 Å². The Hall–Kier alpha value is -0.570. The Morgan fingerprint density at radius 2 is 2.00 bits per heavy atom. The van der Waals surface area contributed by atoms with Gasteiger partial charge in [0.25, 0.3) is 0 Å². The van der Waals surface area contributed by atoms with Gasteiger partial charge < -0.3 is 10.4 Å². The zero-order valence-corrected chi connectivity index (χ0v) is 6.01. The molecule has 0 saturated heterocycles. The minimum atomic E-state index is -0.478. The van der Waals surface area contributed by atoms with Gasteiger partial charge in [-0.3, -0.25) is 4.79 Å². The highest BCUT2D eigenvalue weighted by Crippen LogP contribution is 1.88. The summed E-state index contributed by atoms with van der Waals surface area (Å²) in [5.74, 6) is -0.108. The Kier molecular flexibility index (Phi) is 3.24. The van der Waals surface area contributed by atoms with Gasteiger partial charge in [0.15, 0.2) is 0 Å². The molecule has 2 atom stereocenters. The van der Waals surface area contributed by atoms with E-state index in [1.165, 1.54) is 6.92 Å². The van der Waals surface area contributed by atoms with E-state index < -0.39 is 6.10 Å². The van der Waals surface area contributed by atoms with E-state index in [2.05, 4.69) is 5.32 Å². The topological polar surface area (TPSA) is 49.3 Å². The molecule has 0 aromatic heterocycles. The summed E-state index contributed by atoms with van der Waals surface area (Å²) in [6.45, 7) is 4.82. The van der Waals surface area contributed by atoms with E-state index in [0.717, 1.165) is 0 Å². The van der Waals surface area contributed by atoms with Crippen LogP contribution in [0.25, 0.3) is 0 Å². The summed E-state index contributed by atoms with van der Waals surface area (Å²) < 4.78 is 0. The van der Waals surface area contributed by atoms with Crippen LogP contribution in [0, 0.1) is 0 Å². The molecule has 0 aromatic rings. The van der Waals surface area contributed by atoms with Crippen LogP contribution in [0.3, 0.4) is 0 Å². The van der Waals surface area contributed by atoms with Crippen LogP contribution < -0.4 is 5.32 Å². The maximum absolute atomic E-state index is 10.3. The molecule has 3 nitrogen and oxygen atoms in total. The van der Waals surface area contributed by atoms with Gasteiger partial charge >= 0.3 is 0 Å². The van der Waals surface area contributed by atoms with Crippen molar-refractivity contribution >= 4 is 5.91 Å².